The Morgan fingerprint density at radius 2 is 1.71 bits per heavy atom. The molecular weight excluding hydrogens is 322 g/mol. The number of hydrogen-bond donors (Lipinski definition) is 1. The molecule has 0 spiro atoms. The fourth-order valence-corrected chi connectivity index (χ4v) is 2.93. The largest absolute Gasteiger partial charge is 0.497 e. The summed E-state index contributed by atoms with van der Waals surface area (Å²) in [5, 5.41) is 2.73. The molecular formula is C19H23NO3S. The summed E-state index contributed by atoms with van der Waals surface area (Å²) in [5.41, 5.74) is 1.19. The van der Waals surface area contributed by atoms with E-state index >= 15 is 0 Å². The minimum absolute atomic E-state index is 0.00308. The van der Waals surface area contributed by atoms with E-state index in [1.165, 1.54) is 17.3 Å². The average Bonchev–Trinajstić information content (AvgIpc) is 2.60. The molecule has 0 aromatic heterocycles. The summed E-state index contributed by atoms with van der Waals surface area (Å²) < 4.78 is 10.7. The van der Waals surface area contributed by atoms with Gasteiger partial charge in [-0.1, -0.05) is 17.7 Å². The lowest BCUT2D eigenvalue weighted by molar-refractivity contribution is -0.120. The van der Waals surface area contributed by atoms with Crippen LogP contribution < -0.4 is 14.8 Å². The predicted molar refractivity (Wildman–Crippen MR) is 98.0 cm³/mol. The molecule has 0 heterocycles. The average molecular weight is 345 g/mol. The summed E-state index contributed by atoms with van der Waals surface area (Å²) in [4.78, 5) is 13.2. The Kier molecular flexibility index (Phi) is 7.00. The Labute approximate surface area is 147 Å². The SMILES string of the molecule is COc1ccc(S[C@@H](C)C(=O)NCCOc2ccc(C)cc2)cc1. The minimum Gasteiger partial charge on any atom is -0.497 e. The standard InChI is InChI=1S/C19H23NO3S/c1-14-4-6-17(7-5-14)23-13-12-20-19(21)15(2)24-18-10-8-16(22-3)9-11-18/h4-11,15H,12-13H2,1-3H3,(H,20,21)/t15-/m0/s1. The number of thioether (sulfide) groups is 1. The molecule has 2 aromatic carbocycles. The van der Waals surface area contributed by atoms with Crippen molar-refractivity contribution in [1.82, 2.24) is 5.32 Å². The van der Waals surface area contributed by atoms with Crippen LogP contribution in [0.4, 0.5) is 0 Å². The maximum absolute atomic E-state index is 12.1. The Morgan fingerprint density at radius 1 is 1.08 bits per heavy atom. The van der Waals surface area contributed by atoms with Crippen LogP contribution in [0.2, 0.25) is 0 Å². The van der Waals surface area contributed by atoms with E-state index in [1.54, 1.807) is 7.11 Å². The van der Waals surface area contributed by atoms with Crippen molar-refractivity contribution in [2.45, 2.75) is 24.0 Å². The van der Waals surface area contributed by atoms with Crippen molar-refractivity contribution < 1.29 is 14.3 Å². The highest BCUT2D eigenvalue weighted by Gasteiger charge is 2.13. The number of aryl methyl sites for hydroxylation is 1. The van der Waals surface area contributed by atoms with Crippen molar-refractivity contribution in [3.63, 3.8) is 0 Å². The Bertz CT molecular complexity index is 641. The van der Waals surface area contributed by atoms with Crippen molar-refractivity contribution in [2.75, 3.05) is 20.3 Å². The van der Waals surface area contributed by atoms with E-state index in [2.05, 4.69) is 5.32 Å². The van der Waals surface area contributed by atoms with Crippen LogP contribution in [0.3, 0.4) is 0 Å². The third-order valence-corrected chi connectivity index (χ3v) is 4.54. The van der Waals surface area contributed by atoms with E-state index in [1.807, 2.05) is 62.4 Å². The normalized spacial score (nSPS) is 11.6. The summed E-state index contributed by atoms with van der Waals surface area (Å²) >= 11 is 1.52. The summed E-state index contributed by atoms with van der Waals surface area (Å²) in [5.74, 6) is 1.63. The number of hydrogen-bond acceptors (Lipinski definition) is 4. The van der Waals surface area contributed by atoms with Gasteiger partial charge in [0.25, 0.3) is 0 Å². The van der Waals surface area contributed by atoms with Gasteiger partial charge in [0.2, 0.25) is 5.91 Å². The van der Waals surface area contributed by atoms with Gasteiger partial charge in [-0.3, -0.25) is 4.79 Å². The molecule has 0 aliphatic heterocycles. The monoisotopic (exact) mass is 345 g/mol. The molecule has 1 amide bonds. The number of benzene rings is 2. The lowest BCUT2D eigenvalue weighted by atomic mass is 10.2. The van der Waals surface area contributed by atoms with E-state index in [0.717, 1.165) is 16.4 Å². The van der Waals surface area contributed by atoms with E-state index in [4.69, 9.17) is 9.47 Å². The van der Waals surface area contributed by atoms with Gasteiger partial charge in [-0.15, -0.1) is 11.8 Å². The van der Waals surface area contributed by atoms with Crippen LogP contribution in [0, 0.1) is 6.92 Å². The topological polar surface area (TPSA) is 47.6 Å². The zero-order valence-corrected chi connectivity index (χ0v) is 15.1. The maximum Gasteiger partial charge on any atom is 0.233 e. The van der Waals surface area contributed by atoms with Crippen molar-refractivity contribution in [3.8, 4) is 11.5 Å². The quantitative estimate of drug-likeness (QED) is 0.586. The van der Waals surface area contributed by atoms with Crippen LogP contribution in [0.15, 0.2) is 53.4 Å². The highest BCUT2D eigenvalue weighted by molar-refractivity contribution is 8.00. The van der Waals surface area contributed by atoms with Crippen LogP contribution >= 0.6 is 11.8 Å². The van der Waals surface area contributed by atoms with Crippen LogP contribution in [0.25, 0.3) is 0 Å². The summed E-state index contributed by atoms with van der Waals surface area (Å²) in [7, 11) is 1.64. The van der Waals surface area contributed by atoms with Crippen molar-refractivity contribution in [3.05, 3.63) is 54.1 Å². The van der Waals surface area contributed by atoms with Crippen LogP contribution in [-0.2, 0) is 4.79 Å². The van der Waals surface area contributed by atoms with Gasteiger partial charge < -0.3 is 14.8 Å². The van der Waals surface area contributed by atoms with Gasteiger partial charge in [0, 0.05) is 4.90 Å². The molecule has 0 fully saturated rings. The van der Waals surface area contributed by atoms with E-state index < -0.39 is 0 Å². The summed E-state index contributed by atoms with van der Waals surface area (Å²) in [6.07, 6.45) is 0. The fraction of sp³-hybridized carbons (Fsp3) is 0.316. The molecule has 24 heavy (non-hydrogen) atoms. The molecule has 0 bridgehead atoms. The number of carbonyl (C=O) groups is 1. The third-order valence-electron chi connectivity index (χ3n) is 3.43. The Morgan fingerprint density at radius 3 is 2.33 bits per heavy atom. The van der Waals surface area contributed by atoms with Crippen molar-refractivity contribution in [2.24, 2.45) is 0 Å². The van der Waals surface area contributed by atoms with E-state index in [0.29, 0.717) is 13.2 Å². The summed E-state index contributed by atoms with van der Waals surface area (Å²) in [6.45, 7) is 4.87. The third kappa shape index (κ3) is 5.81. The number of amides is 1. The Hall–Kier alpha value is -2.14. The second-order valence-electron chi connectivity index (χ2n) is 5.39. The predicted octanol–water partition coefficient (Wildman–Crippen LogP) is 3.68. The van der Waals surface area contributed by atoms with Gasteiger partial charge in [-0.2, -0.15) is 0 Å². The van der Waals surface area contributed by atoms with E-state index in [-0.39, 0.29) is 11.2 Å². The zero-order chi connectivity index (χ0) is 17.4. The van der Waals surface area contributed by atoms with Crippen LogP contribution in [0.1, 0.15) is 12.5 Å². The molecule has 0 unspecified atom stereocenters. The molecule has 1 atom stereocenters. The van der Waals surface area contributed by atoms with Gasteiger partial charge in [0.1, 0.15) is 18.1 Å². The van der Waals surface area contributed by atoms with Gasteiger partial charge in [0.05, 0.1) is 18.9 Å². The Balaban J connectivity index is 1.70. The molecule has 0 aliphatic carbocycles. The first kappa shape index (κ1) is 18.2. The van der Waals surface area contributed by atoms with Gasteiger partial charge in [-0.05, 0) is 50.2 Å². The molecule has 0 saturated heterocycles. The molecule has 0 radical (unpaired) electrons. The van der Waals surface area contributed by atoms with Crippen molar-refractivity contribution in [1.29, 1.82) is 0 Å². The second-order valence-corrected chi connectivity index (χ2v) is 6.80. The maximum atomic E-state index is 12.1. The lowest BCUT2D eigenvalue weighted by Crippen LogP contribution is -2.33. The molecule has 0 aliphatic rings. The highest BCUT2D eigenvalue weighted by Crippen LogP contribution is 2.25. The fourth-order valence-electron chi connectivity index (χ4n) is 2.03. The first-order chi connectivity index (χ1) is 11.6. The summed E-state index contributed by atoms with van der Waals surface area (Å²) in [6, 6.07) is 15.5. The van der Waals surface area contributed by atoms with Crippen LogP contribution in [-0.4, -0.2) is 31.4 Å². The first-order valence-electron chi connectivity index (χ1n) is 7.86. The number of ether oxygens (including phenoxy) is 2. The molecule has 4 nitrogen and oxygen atoms in total. The molecule has 2 aromatic rings. The van der Waals surface area contributed by atoms with Crippen LogP contribution in [0.5, 0.6) is 11.5 Å². The molecule has 2 rings (SSSR count). The first-order valence-corrected chi connectivity index (χ1v) is 8.74. The number of methoxy groups -OCH3 is 1. The number of rotatable bonds is 8. The number of carbonyl (C=O) groups excluding carboxylic acids is 1. The number of nitrogens with one attached hydrogen (secondary N) is 1. The molecule has 5 heteroatoms. The van der Waals surface area contributed by atoms with Gasteiger partial charge >= 0.3 is 0 Å². The van der Waals surface area contributed by atoms with Gasteiger partial charge in [0.15, 0.2) is 0 Å². The minimum atomic E-state index is -0.169. The second kappa shape index (κ2) is 9.23. The van der Waals surface area contributed by atoms with Gasteiger partial charge in [-0.25, -0.2) is 0 Å². The van der Waals surface area contributed by atoms with Crippen molar-refractivity contribution >= 4 is 17.7 Å². The molecule has 0 saturated carbocycles. The zero-order valence-electron chi connectivity index (χ0n) is 14.2. The van der Waals surface area contributed by atoms with E-state index in [9.17, 15) is 4.79 Å². The smallest absolute Gasteiger partial charge is 0.233 e. The molecule has 1 N–H and O–H groups in total. The molecule has 128 valence electrons. The highest BCUT2D eigenvalue weighted by atomic mass is 32.2. The lowest BCUT2D eigenvalue weighted by Gasteiger charge is -2.13.